The highest BCUT2D eigenvalue weighted by Crippen LogP contribution is 2.47. The van der Waals surface area contributed by atoms with Crippen molar-refractivity contribution < 1.29 is 188 Å². The minimum absolute atomic E-state index is 0.00149. The lowest BCUT2D eigenvalue weighted by Gasteiger charge is -2.45. The third-order valence-electron chi connectivity index (χ3n) is 20.1. The second-order valence-corrected chi connectivity index (χ2v) is 28.0. The van der Waals surface area contributed by atoms with Crippen LogP contribution in [0.5, 0.6) is 69.0 Å². The first-order chi connectivity index (χ1) is 53.7. The minimum Gasteiger partial charge on any atom is -0.508 e. The molecule has 8 aliphatic rings. The second kappa shape index (κ2) is 35.0. The molecule has 14 rings (SSSR count). The van der Waals surface area contributed by atoms with E-state index in [1.54, 1.807) is 36.4 Å². The van der Waals surface area contributed by atoms with E-state index in [9.17, 15) is 127 Å². The van der Waals surface area contributed by atoms with Gasteiger partial charge in [0.2, 0.25) is 18.9 Å². The fraction of sp³-hybridized carbons (Fsp3) is 0.480. The molecule has 0 amide bonds. The highest BCUT2D eigenvalue weighted by molar-refractivity contribution is 6.04. The molecular weight excluding hydrogens is 1510 g/mol. The van der Waals surface area contributed by atoms with Crippen molar-refractivity contribution >= 4 is 17.3 Å². The molecule has 8 heterocycles. The summed E-state index contributed by atoms with van der Waals surface area (Å²) in [6, 6.07) is 25.6. The number of aromatic hydroxyl groups is 6. The van der Waals surface area contributed by atoms with Crippen LogP contribution in [0.2, 0.25) is 0 Å². The van der Waals surface area contributed by atoms with E-state index in [0.29, 0.717) is 16.7 Å². The molecule has 0 bridgehead atoms. The number of ketones is 3. The van der Waals surface area contributed by atoms with E-state index in [-0.39, 0.29) is 93.5 Å². The van der Waals surface area contributed by atoms with E-state index in [1.807, 2.05) is 0 Å². The van der Waals surface area contributed by atoms with Crippen LogP contribution in [-0.2, 0) is 33.2 Å². The van der Waals surface area contributed by atoms with Crippen LogP contribution < -0.4 is 28.4 Å². The van der Waals surface area contributed by atoms with Gasteiger partial charge in [-0.2, -0.15) is 0 Å². The van der Waals surface area contributed by atoms with E-state index in [2.05, 4.69) is 0 Å². The number of hydrogen-bond donors (Lipinski definition) is 22. The fourth-order valence-corrected chi connectivity index (χ4v) is 13.7. The maximum Gasteiger partial charge on any atom is 0.229 e. The molecule has 8 aliphatic heterocycles. The molecule has 0 spiro atoms. The average molecular weight is 1600 g/mol. The van der Waals surface area contributed by atoms with Crippen LogP contribution in [0.15, 0.2) is 109 Å². The lowest BCUT2D eigenvalue weighted by molar-refractivity contribution is -0.354. The third-order valence-corrected chi connectivity index (χ3v) is 20.1. The summed E-state index contributed by atoms with van der Waals surface area (Å²) in [5, 5.41) is 222. The van der Waals surface area contributed by atoms with Crippen molar-refractivity contribution in [1.29, 1.82) is 0 Å². The molecule has 0 aliphatic carbocycles. The second-order valence-electron chi connectivity index (χ2n) is 28.0. The summed E-state index contributed by atoms with van der Waals surface area (Å²) in [5.74, 6) is -2.50. The topological polar surface area (TPSA) is 616 Å². The zero-order valence-corrected chi connectivity index (χ0v) is 59.7. The molecule has 5 saturated heterocycles. The fourth-order valence-electron chi connectivity index (χ4n) is 13.7. The molecule has 0 radical (unpaired) electrons. The van der Waals surface area contributed by atoms with Crippen molar-refractivity contribution in [2.45, 2.75) is 205 Å². The van der Waals surface area contributed by atoms with Crippen LogP contribution in [0, 0.1) is 0 Å². The maximum absolute atomic E-state index is 12.9. The van der Waals surface area contributed by atoms with Crippen molar-refractivity contribution in [3.8, 4) is 69.0 Å². The van der Waals surface area contributed by atoms with Crippen LogP contribution in [0.1, 0.15) is 99.2 Å². The van der Waals surface area contributed by atoms with Gasteiger partial charge >= 0.3 is 0 Å². The molecule has 113 heavy (non-hydrogen) atoms. The van der Waals surface area contributed by atoms with Gasteiger partial charge in [0.05, 0.1) is 51.3 Å². The lowest BCUT2D eigenvalue weighted by Crippen LogP contribution is -2.64. The number of carbonyl (C=O) groups is 3. The Hall–Kier alpha value is -8.99. The van der Waals surface area contributed by atoms with Crippen LogP contribution in [0.4, 0.5) is 0 Å². The molecule has 6 aromatic rings. The van der Waals surface area contributed by atoms with Crippen LogP contribution in [0.25, 0.3) is 0 Å². The zero-order chi connectivity index (χ0) is 81.5. The molecule has 0 saturated carbocycles. The molecule has 28 atom stereocenters. The van der Waals surface area contributed by atoms with Gasteiger partial charge in [-0.3, -0.25) is 14.4 Å². The van der Waals surface area contributed by atoms with Gasteiger partial charge in [-0.25, -0.2) is 0 Å². The Labute approximate surface area is 639 Å². The summed E-state index contributed by atoms with van der Waals surface area (Å²) in [5.41, 5.74) is 1.71. The summed E-state index contributed by atoms with van der Waals surface area (Å²) >= 11 is 0. The predicted octanol–water partition coefficient (Wildman–Crippen LogP) is -2.35. The SMILES string of the molecule is C[C@@H]1O[C@@H](OC[C@H]2O[C@@H](Oc3cc(O)c4c(c3)OC(c3ccc(O)cc3)CC4=O)[C@H](O)[C@@H](O)[C@@H]2O)[C@H](O)[C@H](O)[C@H]1O.C[C@@H]1O[C@@H](O[C@H]2[C@H](Oc3cc(O)c4c(c3)OC(c3ccc(O)cc3)CC4=O)O[C@H](CO)[C@@H](O)[C@@H]2O)[C@H](O)[C@H](O)[C@H]1O.O=C1CC(c2ccc(O)cc2)Oc2cc(O[C@@H]3O[C@H](CO)[C@@H](O)[C@H](O)[C@H]3O)cc(O)c21. The largest absolute Gasteiger partial charge is 0.508 e. The van der Waals surface area contributed by atoms with E-state index < -0.39 is 220 Å². The first-order valence-corrected chi connectivity index (χ1v) is 35.6. The van der Waals surface area contributed by atoms with Crippen LogP contribution in [0.3, 0.4) is 0 Å². The highest BCUT2D eigenvalue weighted by atomic mass is 16.8. The Balaban J connectivity index is 0.000000159. The maximum atomic E-state index is 12.9. The molecule has 38 heteroatoms. The van der Waals surface area contributed by atoms with E-state index >= 15 is 0 Å². The summed E-state index contributed by atoms with van der Waals surface area (Å²) in [6.45, 7) is 1.08. The van der Waals surface area contributed by atoms with Crippen LogP contribution >= 0.6 is 0 Å². The number of benzene rings is 6. The number of aliphatic hydroxyl groups is 16. The lowest BCUT2D eigenvalue weighted by atomic mass is 9.95. The average Bonchev–Trinajstić information content (AvgIpc) is 0.782. The summed E-state index contributed by atoms with van der Waals surface area (Å²) in [6.07, 6.45) is -39.7. The molecule has 22 N–H and O–H groups in total. The number of rotatable bonds is 16. The monoisotopic (exact) mass is 1590 g/mol. The van der Waals surface area contributed by atoms with Gasteiger partial charge < -0.3 is 174 Å². The van der Waals surface area contributed by atoms with Gasteiger partial charge in [0.25, 0.3) is 0 Å². The molecule has 0 aromatic heterocycles. The summed E-state index contributed by atoms with van der Waals surface area (Å²) in [4.78, 5) is 38.2. The van der Waals surface area contributed by atoms with Crippen molar-refractivity contribution in [3.63, 3.8) is 0 Å². The first-order valence-electron chi connectivity index (χ1n) is 35.6. The van der Waals surface area contributed by atoms with Gasteiger partial charge in [-0.1, -0.05) is 36.4 Å². The van der Waals surface area contributed by atoms with Crippen molar-refractivity contribution in [2.24, 2.45) is 0 Å². The van der Waals surface area contributed by atoms with Crippen molar-refractivity contribution in [2.75, 3.05) is 19.8 Å². The number of ether oxygens (including phenoxy) is 13. The van der Waals surface area contributed by atoms with E-state index in [1.165, 1.54) is 68.4 Å². The third kappa shape index (κ3) is 17.9. The van der Waals surface area contributed by atoms with Crippen molar-refractivity contribution in [3.05, 3.63) is 143 Å². The summed E-state index contributed by atoms with van der Waals surface area (Å²) in [7, 11) is 0. The van der Waals surface area contributed by atoms with Gasteiger partial charge in [-0.05, 0) is 66.9 Å². The number of hydrogen-bond acceptors (Lipinski definition) is 38. The summed E-state index contributed by atoms with van der Waals surface area (Å²) < 4.78 is 73.3. The normalized spacial score (nSPS) is 35.4. The molecule has 3 unspecified atom stereocenters. The quantitative estimate of drug-likeness (QED) is 0.0482. The smallest absolute Gasteiger partial charge is 0.229 e. The predicted molar refractivity (Wildman–Crippen MR) is 371 cm³/mol. The standard InChI is InChI=1S/2C27H32O14.C21H22O10/c1-10-20(31)22(33)24(35)26(38-10)37-9-18-21(32)23(34)25(36)27(41-18)39-13-6-14(29)19-15(30)8-16(40-17(19)7-13)11-2-4-12(28)5-3-11;1-10-20(32)22(34)24(36)26(37-10)41-25-23(35)21(33)18(9-28)40-27(25)38-13-6-14(30)19-15(31)8-16(39-17(19)7-13)11-2-4-12(29)5-3-11;22-8-16-18(26)19(27)20(28)21(31-16)29-11-5-12(24)17-13(25)7-14(30-15(17)6-11)9-1-3-10(23)4-2-9/h2-7,10,16,18,20-29,31-36H,8-9H2,1H3;2-7,10,16,18,20-30,32-36H,8-9H2,1H3;1-6,14,16,18-24,26-28H,7-8H2/t10-,16?,18+,20-,21+,22+,23-,24+,25+,26+,27+;10-,16?,18+,20-,21+,22+,23-,24+,25+,26-,27+;14?,16-,18-,19+,20-,21-/m001/s1. The Morgan fingerprint density at radius 3 is 1.01 bits per heavy atom. The molecular formula is C75H86O38. The van der Waals surface area contributed by atoms with Gasteiger partial charge in [0.1, 0.15) is 208 Å². The Morgan fingerprint density at radius 1 is 0.336 bits per heavy atom. The number of phenolic OH excluding ortho intramolecular Hbond substituents is 6. The number of Topliss-reactive ketones (excluding diaryl/α,β-unsaturated/α-hetero) is 3. The Morgan fingerprint density at radius 2 is 0.637 bits per heavy atom. The number of aliphatic hydroxyl groups excluding tert-OH is 16. The van der Waals surface area contributed by atoms with Gasteiger partial charge in [0.15, 0.2) is 36.0 Å². The number of carbonyl (C=O) groups excluding carboxylic acids is 3. The molecule has 6 aromatic carbocycles. The van der Waals surface area contributed by atoms with Gasteiger partial charge in [0, 0.05) is 36.4 Å². The minimum atomic E-state index is -1.76. The van der Waals surface area contributed by atoms with E-state index in [0.717, 1.165) is 18.2 Å². The Kier molecular flexibility index (Phi) is 25.8. The molecule has 38 nitrogen and oxygen atoms in total. The van der Waals surface area contributed by atoms with Crippen LogP contribution in [-0.4, -0.2) is 303 Å². The zero-order valence-electron chi connectivity index (χ0n) is 59.7. The molecule has 614 valence electrons. The Bertz CT molecular complexity index is 4280. The van der Waals surface area contributed by atoms with Gasteiger partial charge in [-0.15, -0.1) is 0 Å². The number of phenols is 6. The first kappa shape index (κ1) is 83.4. The van der Waals surface area contributed by atoms with Crippen molar-refractivity contribution in [1.82, 2.24) is 0 Å². The highest BCUT2D eigenvalue weighted by Gasteiger charge is 2.53. The number of fused-ring (bicyclic) bond motifs is 3. The van der Waals surface area contributed by atoms with E-state index in [4.69, 9.17) is 61.6 Å². The molecule has 5 fully saturated rings.